The van der Waals surface area contributed by atoms with Crippen molar-refractivity contribution in [2.24, 2.45) is 0 Å². The zero-order valence-electron chi connectivity index (χ0n) is 19.0. The van der Waals surface area contributed by atoms with E-state index in [0.717, 1.165) is 0 Å². The molecule has 0 unspecified atom stereocenters. The fourth-order valence-corrected chi connectivity index (χ4v) is 3.53. The number of fused-ring (bicyclic) bond motifs is 1. The number of para-hydroxylation sites is 3. The summed E-state index contributed by atoms with van der Waals surface area (Å²) in [5, 5.41) is 6.23. The number of rotatable bonds is 8. The van der Waals surface area contributed by atoms with E-state index in [2.05, 4.69) is 10.6 Å². The lowest BCUT2D eigenvalue weighted by Gasteiger charge is -2.12. The third-order valence-electron chi connectivity index (χ3n) is 5.13. The first kappa shape index (κ1) is 22.7. The van der Waals surface area contributed by atoms with Crippen molar-refractivity contribution in [3.8, 4) is 17.2 Å². The molecule has 8 heteroatoms. The lowest BCUT2D eigenvalue weighted by molar-refractivity contribution is 0.0999. The molecule has 4 aromatic rings. The van der Waals surface area contributed by atoms with E-state index in [1.165, 1.54) is 14.2 Å². The van der Waals surface area contributed by atoms with Crippen molar-refractivity contribution < 1.29 is 28.2 Å². The molecule has 2 N–H and O–H groups in total. The topological polar surface area (TPSA) is 99.0 Å². The van der Waals surface area contributed by atoms with Crippen LogP contribution < -0.4 is 24.8 Å². The maximum Gasteiger partial charge on any atom is 0.293 e. The zero-order valence-corrected chi connectivity index (χ0v) is 19.0. The summed E-state index contributed by atoms with van der Waals surface area (Å²) < 4.78 is 22.0. The highest BCUT2D eigenvalue weighted by Crippen LogP contribution is 2.34. The molecule has 2 amide bonds. The second-order valence-corrected chi connectivity index (χ2v) is 7.21. The summed E-state index contributed by atoms with van der Waals surface area (Å²) in [4.78, 5) is 26.4. The van der Waals surface area contributed by atoms with Gasteiger partial charge in [-0.1, -0.05) is 24.3 Å². The predicted octanol–water partition coefficient (Wildman–Crippen LogP) is 5.35. The average molecular weight is 460 g/mol. The number of methoxy groups -OCH3 is 2. The van der Waals surface area contributed by atoms with Crippen molar-refractivity contribution in [2.75, 3.05) is 31.5 Å². The van der Waals surface area contributed by atoms with Crippen LogP contribution in [-0.2, 0) is 0 Å². The Balaban J connectivity index is 1.70. The Morgan fingerprint density at radius 1 is 0.853 bits per heavy atom. The molecule has 0 radical (unpaired) electrons. The van der Waals surface area contributed by atoms with Crippen LogP contribution in [-0.4, -0.2) is 32.6 Å². The summed E-state index contributed by atoms with van der Waals surface area (Å²) in [5.41, 5.74) is 1.48. The molecule has 174 valence electrons. The smallest absolute Gasteiger partial charge is 0.293 e. The van der Waals surface area contributed by atoms with Crippen LogP contribution in [0.4, 0.5) is 11.4 Å². The van der Waals surface area contributed by atoms with Gasteiger partial charge in [0.1, 0.15) is 28.5 Å². The molecule has 0 aliphatic rings. The quantitative estimate of drug-likeness (QED) is 0.368. The fraction of sp³-hybridized carbons (Fsp3) is 0.154. The number of furan rings is 1. The van der Waals surface area contributed by atoms with E-state index < -0.39 is 11.8 Å². The number of amides is 2. The molecule has 0 atom stereocenters. The van der Waals surface area contributed by atoms with Crippen LogP contribution in [0.25, 0.3) is 11.0 Å². The summed E-state index contributed by atoms with van der Waals surface area (Å²) in [6.07, 6.45) is 0. The van der Waals surface area contributed by atoms with E-state index in [-0.39, 0.29) is 17.0 Å². The number of anilines is 2. The molecule has 0 fully saturated rings. The summed E-state index contributed by atoms with van der Waals surface area (Å²) in [6.45, 7) is 2.31. The maximum atomic E-state index is 13.2. The van der Waals surface area contributed by atoms with Crippen molar-refractivity contribution in [1.82, 2.24) is 0 Å². The van der Waals surface area contributed by atoms with Gasteiger partial charge in [-0.25, -0.2) is 0 Å². The van der Waals surface area contributed by atoms with E-state index >= 15 is 0 Å². The van der Waals surface area contributed by atoms with Gasteiger partial charge >= 0.3 is 0 Å². The third-order valence-corrected chi connectivity index (χ3v) is 5.13. The van der Waals surface area contributed by atoms with Gasteiger partial charge in [0.25, 0.3) is 11.8 Å². The van der Waals surface area contributed by atoms with Crippen molar-refractivity contribution in [1.29, 1.82) is 0 Å². The first-order valence-corrected chi connectivity index (χ1v) is 10.6. The fourth-order valence-electron chi connectivity index (χ4n) is 3.53. The minimum absolute atomic E-state index is 0.0340. The summed E-state index contributed by atoms with van der Waals surface area (Å²) >= 11 is 0. The Morgan fingerprint density at radius 2 is 1.62 bits per heavy atom. The lowest BCUT2D eigenvalue weighted by Crippen LogP contribution is -2.18. The zero-order chi connectivity index (χ0) is 24.1. The van der Waals surface area contributed by atoms with E-state index in [4.69, 9.17) is 18.6 Å². The molecule has 0 aliphatic heterocycles. The summed E-state index contributed by atoms with van der Waals surface area (Å²) in [7, 11) is 2.99. The van der Waals surface area contributed by atoms with Gasteiger partial charge in [-0.15, -0.1) is 0 Å². The van der Waals surface area contributed by atoms with Crippen molar-refractivity contribution in [2.45, 2.75) is 6.92 Å². The maximum absolute atomic E-state index is 13.2. The number of carbonyl (C=O) groups excluding carboxylic acids is 2. The Hall–Kier alpha value is -4.46. The average Bonchev–Trinajstić information content (AvgIpc) is 3.23. The van der Waals surface area contributed by atoms with Gasteiger partial charge < -0.3 is 29.3 Å². The Bertz CT molecular complexity index is 1340. The number of carbonyl (C=O) groups is 2. The monoisotopic (exact) mass is 460 g/mol. The first-order chi connectivity index (χ1) is 16.5. The van der Waals surface area contributed by atoms with E-state index in [9.17, 15) is 9.59 Å². The van der Waals surface area contributed by atoms with Crippen LogP contribution in [0, 0.1) is 0 Å². The van der Waals surface area contributed by atoms with Crippen molar-refractivity contribution >= 4 is 34.2 Å². The van der Waals surface area contributed by atoms with Gasteiger partial charge in [0.15, 0.2) is 0 Å². The number of ether oxygens (including phenoxy) is 3. The minimum atomic E-state index is -0.527. The SMILES string of the molecule is CCOc1ccccc1NC(=O)c1oc2ccccc2c1NC(=O)c1ccc(OC)cc1OC. The number of hydrogen-bond acceptors (Lipinski definition) is 6. The summed E-state index contributed by atoms with van der Waals surface area (Å²) in [5.74, 6) is 0.392. The number of benzene rings is 3. The molecule has 0 bridgehead atoms. The van der Waals surface area contributed by atoms with Crippen LogP contribution in [0.5, 0.6) is 17.2 Å². The molecule has 0 spiro atoms. The van der Waals surface area contributed by atoms with Crippen LogP contribution in [0.1, 0.15) is 27.8 Å². The molecule has 3 aromatic carbocycles. The molecule has 0 aliphatic carbocycles. The van der Waals surface area contributed by atoms with E-state index in [0.29, 0.717) is 40.5 Å². The molecule has 1 heterocycles. The van der Waals surface area contributed by atoms with Crippen LogP contribution in [0.2, 0.25) is 0 Å². The molecule has 0 saturated carbocycles. The van der Waals surface area contributed by atoms with Gasteiger partial charge in [0.2, 0.25) is 5.76 Å². The molecule has 8 nitrogen and oxygen atoms in total. The van der Waals surface area contributed by atoms with Crippen LogP contribution >= 0.6 is 0 Å². The molecule has 34 heavy (non-hydrogen) atoms. The number of nitrogens with one attached hydrogen (secondary N) is 2. The molecule has 0 saturated heterocycles. The van der Waals surface area contributed by atoms with Gasteiger partial charge in [-0.3, -0.25) is 9.59 Å². The normalized spacial score (nSPS) is 10.6. The minimum Gasteiger partial charge on any atom is -0.497 e. The van der Waals surface area contributed by atoms with Crippen LogP contribution in [0.3, 0.4) is 0 Å². The van der Waals surface area contributed by atoms with Gasteiger partial charge in [0.05, 0.1) is 32.1 Å². The standard InChI is InChI=1S/C26H24N2O6/c1-4-33-21-12-8-6-10-19(21)27-26(30)24-23(17-9-5-7-11-20(17)34-24)28-25(29)18-14-13-16(31-2)15-22(18)32-3/h5-15H,4H2,1-3H3,(H,27,30)(H,28,29). The number of hydrogen-bond donors (Lipinski definition) is 2. The molecular weight excluding hydrogens is 436 g/mol. The Kier molecular flexibility index (Phi) is 6.68. The molecular formula is C26H24N2O6. The molecule has 4 rings (SSSR count). The third kappa shape index (κ3) is 4.52. The Labute approximate surface area is 196 Å². The molecule has 1 aromatic heterocycles. The first-order valence-electron chi connectivity index (χ1n) is 10.6. The Morgan fingerprint density at radius 3 is 2.38 bits per heavy atom. The van der Waals surface area contributed by atoms with Gasteiger partial charge in [0, 0.05) is 11.5 Å². The highest BCUT2D eigenvalue weighted by Gasteiger charge is 2.24. The predicted molar refractivity (Wildman–Crippen MR) is 129 cm³/mol. The van der Waals surface area contributed by atoms with E-state index in [1.807, 2.05) is 13.0 Å². The highest BCUT2D eigenvalue weighted by molar-refractivity contribution is 6.17. The van der Waals surface area contributed by atoms with Crippen molar-refractivity contribution in [3.63, 3.8) is 0 Å². The van der Waals surface area contributed by atoms with Crippen molar-refractivity contribution in [3.05, 3.63) is 78.1 Å². The highest BCUT2D eigenvalue weighted by atomic mass is 16.5. The summed E-state index contributed by atoms with van der Waals surface area (Å²) in [6, 6.07) is 19.0. The largest absolute Gasteiger partial charge is 0.497 e. The van der Waals surface area contributed by atoms with Crippen LogP contribution in [0.15, 0.2) is 71.1 Å². The second-order valence-electron chi connectivity index (χ2n) is 7.21. The lowest BCUT2D eigenvalue weighted by atomic mass is 10.1. The second kappa shape index (κ2) is 9.99. The van der Waals surface area contributed by atoms with Gasteiger partial charge in [-0.2, -0.15) is 0 Å². The van der Waals surface area contributed by atoms with E-state index in [1.54, 1.807) is 60.7 Å². The van der Waals surface area contributed by atoms with Gasteiger partial charge in [-0.05, 0) is 43.3 Å².